The first kappa shape index (κ1) is 11.7. The van der Waals surface area contributed by atoms with Crippen molar-refractivity contribution >= 4 is 5.91 Å². The lowest BCUT2D eigenvalue weighted by molar-refractivity contribution is -0.132. The van der Waals surface area contributed by atoms with Crippen LogP contribution in [0.25, 0.3) is 0 Å². The molecule has 0 aliphatic carbocycles. The second-order valence-corrected chi connectivity index (χ2v) is 4.57. The Balaban J connectivity index is 2.03. The van der Waals surface area contributed by atoms with Crippen LogP contribution in [-0.2, 0) is 17.8 Å². The van der Waals surface area contributed by atoms with Gasteiger partial charge in [0.15, 0.2) is 0 Å². The summed E-state index contributed by atoms with van der Waals surface area (Å²) in [4.78, 5) is 13.8. The lowest BCUT2D eigenvalue weighted by Gasteiger charge is -2.29. The molecule has 0 spiro atoms. The van der Waals surface area contributed by atoms with Gasteiger partial charge in [0.2, 0.25) is 5.91 Å². The van der Waals surface area contributed by atoms with Gasteiger partial charge in [0.25, 0.3) is 0 Å². The summed E-state index contributed by atoms with van der Waals surface area (Å²) >= 11 is 0. The van der Waals surface area contributed by atoms with Gasteiger partial charge in [-0.3, -0.25) is 4.79 Å². The Kier molecular flexibility index (Phi) is 3.43. The molecule has 1 aromatic carbocycles. The van der Waals surface area contributed by atoms with E-state index in [0.717, 1.165) is 13.0 Å². The van der Waals surface area contributed by atoms with Crippen LogP contribution in [0.15, 0.2) is 24.3 Å². The zero-order valence-electron chi connectivity index (χ0n) is 10.0. The van der Waals surface area contributed by atoms with Crippen LogP contribution >= 0.6 is 0 Å². The molecule has 1 aliphatic heterocycles. The summed E-state index contributed by atoms with van der Waals surface area (Å²) in [7, 11) is 0. The molecule has 0 saturated heterocycles. The third-order valence-electron chi connectivity index (χ3n) is 3.18. The normalized spacial score (nSPS) is 15.9. The highest BCUT2D eigenvalue weighted by atomic mass is 16.2. The molecule has 17 heavy (non-hydrogen) atoms. The summed E-state index contributed by atoms with van der Waals surface area (Å²) in [5.74, 6) is -0.103. The number of hydrogen-bond acceptors (Lipinski definition) is 2. The minimum Gasteiger partial charge on any atom is -0.338 e. The van der Waals surface area contributed by atoms with E-state index in [-0.39, 0.29) is 11.8 Å². The molecule has 1 unspecified atom stereocenters. The maximum atomic E-state index is 12.0. The van der Waals surface area contributed by atoms with Crippen molar-refractivity contribution in [3.63, 3.8) is 0 Å². The van der Waals surface area contributed by atoms with Crippen molar-refractivity contribution in [2.24, 2.45) is 5.92 Å². The molecular formula is C14H16N2O. The number of fused-ring (bicyclic) bond motifs is 1. The predicted octanol–water partition coefficient (Wildman–Crippen LogP) is 2.12. The molecule has 3 nitrogen and oxygen atoms in total. The lowest BCUT2D eigenvalue weighted by Crippen LogP contribution is -2.36. The monoisotopic (exact) mass is 228 g/mol. The standard InChI is InChI=1S/C14H16N2O/c1-11(9-15)8-14(17)16-7-6-12-4-2-3-5-13(12)10-16/h2-5,11H,6-8,10H2,1H3. The van der Waals surface area contributed by atoms with Crippen LogP contribution < -0.4 is 0 Å². The van der Waals surface area contributed by atoms with Crippen LogP contribution in [0.5, 0.6) is 0 Å². The molecule has 88 valence electrons. The highest BCUT2D eigenvalue weighted by Crippen LogP contribution is 2.19. The van der Waals surface area contributed by atoms with Crippen LogP contribution in [0.2, 0.25) is 0 Å². The zero-order valence-corrected chi connectivity index (χ0v) is 10.0. The van der Waals surface area contributed by atoms with Gasteiger partial charge in [0.1, 0.15) is 0 Å². The summed E-state index contributed by atoms with van der Waals surface area (Å²) in [6, 6.07) is 10.3. The molecule has 1 aromatic rings. The molecule has 0 bridgehead atoms. The molecule has 3 heteroatoms. The quantitative estimate of drug-likeness (QED) is 0.778. The van der Waals surface area contributed by atoms with Crippen molar-refractivity contribution in [2.75, 3.05) is 6.54 Å². The summed E-state index contributed by atoms with van der Waals surface area (Å²) in [5, 5.41) is 8.72. The number of benzene rings is 1. The Bertz CT molecular complexity index is 462. The van der Waals surface area contributed by atoms with Gasteiger partial charge in [-0.2, -0.15) is 5.26 Å². The van der Waals surface area contributed by atoms with E-state index < -0.39 is 0 Å². The fraction of sp³-hybridized carbons (Fsp3) is 0.429. The van der Waals surface area contributed by atoms with Gasteiger partial charge < -0.3 is 4.90 Å². The third-order valence-corrected chi connectivity index (χ3v) is 3.18. The summed E-state index contributed by atoms with van der Waals surface area (Å²) in [6.45, 7) is 3.25. The Morgan fingerprint density at radius 1 is 1.47 bits per heavy atom. The Labute approximate surface area is 102 Å². The smallest absolute Gasteiger partial charge is 0.224 e. The number of nitriles is 1. The first-order valence-electron chi connectivity index (χ1n) is 5.95. The molecule has 2 rings (SSSR count). The first-order valence-corrected chi connectivity index (χ1v) is 5.95. The lowest BCUT2D eigenvalue weighted by atomic mass is 9.99. The number of nitrogens with zero attached hydrogens (tertiary/aromatic N) is 2. The molecule has 0 radical (unpaired) electrons. The van der Waals surface area contributed by atoms with E-state index in [1.165, 1.54) is 11.1 Å². The van der Waals surface area contributed by atoms with E-state index in [1.54, 1.807) is 6.92 Å². The van der Waals surface area contributed by atoms with Crippen LogP contribution in [0.4, 0.5) is 0 Å². The van der Waals surface area contributed by atoms with Gasteiger partial charge >= 0.3 is 0 Å². The van der Waals surface area contributed by atoms with Crippen molar-refractivity contribution in [2.45, 2.75) is 26.3 Å². The maximum Gasteiger partial charge on any atom is 0.224 e. The number of carbonyl (C=O) groups is 1. The number of carbonyl (C=O) groups excluding carboxylic acids is 1. The average molecular weight is 228 g/mol. The third kappa shape index (κ3) is 2.65. The molecule has 0 fully saturated rings. The summed E-state index contributed by atoms with van der Waals surface area (Å²) < 4.78 is 0. The van der Waals surface area contributed by atoms with Crippen molar-refractivity contribution in [3.8, 4) is 6.07 Å². The highest BCUT2D eigenvalue weighted by molar-refractivity contribution is 5.77. The molecule has 0 saturated carbocycles. The summed E-state index contributed by atoms with van der Waals surface area (Å²) in [5.41, 5.74) is 2.57. The molecule has 0 aromatic heterocycles. The Morgan fingerprint density at radius 2 is 2.18 bits per heavy atom. The van der Waals surface area contributed by atoms with Gasteiger partial charge in [-0.15, -0.1) is 0 Å². The van der Waals surface area contributed by atoms with E-state index >= 15 is 0 Å². The fourth-order valence-corrected chi connectivity index (χ4v) is 2.15. The van der Waals surface area contributed by atoms with Crippen molar-refractivity contribution in [1.82, 2.24) is 4.90 Å². The zero-order chi connectivity index (χ0) is 12.3. The van der Waals surface area contributed by atoms with Gasteiger partial charge in [0.05, 0.1) is 12.0 Å². The van der Waals surface area contributed by atoms with Crippen LogP contribution in [-0.4, -0.2) is 17.4 Å². The summed E-state index contributed by atoms with van der Waals surface area (Å²) in [6.07, 6.45) is 1.25. The Hall–Kier alpha value is -1.82. The van der Waals surface area contributed by atoms with E-state index in [9.17, 15) is 4.79 Å². The molecule has 1 atom stereocenters. The molecule has 1 amide bonds. The van der Waals surface area contributed by atoms with Crippen molar-refractivity contribution in [1.29, 1.82) is 5.26 Å². The molecular weight excluding hydrogens is 212 g/mol. The van der Waals surface area contributed by atoms with E-state index in [1.807, 2.05) is 17.0 Å². The van der Waals surface area contributed by atoms with E-state index in [4.69, 9.17) is 5.26 Å². The van der Waals surface area contributed by atoms with Crippen LogP contribution in [0, 0.1) is 17.2 Å². The minimum atomic E-state index is -0.195. The Morgan fingerprint density at radius 3 is 2.88 bits per heavy atom. The number of hydrogen-bond donors (Lipinski definition) is 0. The minimum absolute atomic E-state index is 0.0913. The number of rotatable bonds is 2. The topological polar surface area (TPSA) is 44.1 Å². The van der Waals surface area contributed by atoms with Gasteiger partial charge in [-0.1, -0.05) is 24.3 Å². The van der Waals surface area contributed by atoms with E-state index in [0.29, 0.717) is 13.0 Å². The molecule has 0 N–H and O–H groups in total. The number of amides is 1. The highest BCUT2D eigenvalue weighted by Gasteiger charge is 2.21. The second-order valence-electron chi connectivity index (χ2n) is 4.57. The van der Waals surface area contributed by atoms with Gasteiger partial charge in [0, 0.05) is 19.5 Å². The van der Waals surface area contributed by atoms with Crippen molar-refractivity contribution < 1.29 is 4.79 Å². The van der Waals surface area contributed by atoms with Crippen LogP contribution in [0.1, 0.15) is 24.5 Å². The first-order chi connectivity index (χ1) is 8.20. The fourth-order valence-electron chi connectivity index (χ4n) is 2.15. The maximum absolute atomic E-state index is 12.0. The van der Waals surface area contributed by atoms with E-state index in [2.05, 4.69) is 18.2 Å². The van der Waals surface area contributed by atoms with Gasteiger partial charge in [-0.05, 0) is 24.5 Å². The van der Waals surface area contributed by atoms with Gasteiger partial charge in [-0.25, -0.2) is 0 Å². The SMILES string of the molecule is CC(C#N)CC(=O)N1CCc2ccccc2C1. The van der Waals surface area contributed by atoms with Crippen LogP contribution in [0.3, 0.4) is 0 Å². The second kappa shape index (κ2) is 5.01. The predicted molar refractivity (Wildman–Crippen MR) is 65.0 cm³/mol. The largest absolute Gasteiger partial charge is 0.338 e. The molecule has 1 heterocycles. The van der Waals surface area contributed by atoms with Crippen molar-refractivity contribution in [3.05, 3.63) is 35.4 Å². The molecule has 1 aliphatic rings. The average Bonchev–Trinajstić information content (AvgIpc) is 2.38.